The van der Waals surface area contributed by atoms with E-state index < -0.39 is 52.9 Å². The Kier molecular flexibility index (Phi) is 4.36. The maximum Gasteiger partial charge on any atom is 0.189 e. The van der Waals surface area contributed by atoms with E-state index in [1.165, 1.54) is 13.2 Å². The number of phenols is 2. The first kappa shape index (κ1) is 19.4. The Morgan fingerprint density at radius 2 is 1.83 bits per heavy atom. The minimum absolute atomic E-state index is 0.00725. The van der Waals surface area contributed by atoms with E-state index in [1.807, 2.05) is 0 Å². The van der Waals surface area contributed by atoms with Crippen LogP contribution in [0.5, 0.6) is 11.5 Å². The third-order valence-corrected chi connectivity index (χ3v) is 6.14. The highest BCUT2D eigenvalue weighted by molar-refractivity contribution is 6.20. The normalized spacial score (nSPS) is 27.6. The molecule has 152 valence electrons. The van der Waals surface area contributed by atoms with Crippen molar-refractivity contribution in [1.82, 2.24) is 0 Å². The molecular weight excluding hydrogens is 380 g/mol. The Morgan fingerprint density at radius 1 is 1.17 bits per heavy atom. The zero-order valence-corrected chi connectivity index (χ0v) is 15.6. The summed E-state index contributed by atoms with van der Waals surface area (Å²) in [5, 5.41) is 41.4. The molecule has 0 aromatic heterocycles. The van der Waals surface area contributed by atoms with Gasteiger partial charge in [-0.2, -0.15) is 0 Å². The molecule has 0 fully saturated rings. The van der Waals surface area contributed by atoms with Crippen LogP contribution >= 0.6 is 0 Å². The van der Waals surface area contributed by atoms with Gasteiger partial charge in [0.2, 0.25) is 0 Å². The Morgan fingerprint density at radius 3 is 2.48 bits per heavy atom. The first-order valence-electron chi connectivity index (χ1n) is 9.22. The molecule has 2 unspecified atom stereocenters. The zero-order chi connectivity index (χ0) is 21.1. The fraction of sp³-hybridized carbons (Fsp3) is 0.381. The van der Waals surface area contributed by atoms with Crippen molar-refractivity contribution in [3.05, 3.63) is 46.2 Å². The first-order valence-corrected chi connectivity index (χ1v) is 9.22. The summed E-state index contributed by atoms with van der Waals surface area (Å²) in [6.45, 7) is -0.873. The number of ketones is 3. The summed E-state index contributed by atoms with van der Waals surface area (Å²) < 4.78 is 5.24. The largest absolute Gasteiger partial charge is 0.507 e. The second kappa shape index (κ2) is 6.53. The molecule has 4 rings (SSSR count). The molecule has 0 aliphatic heterocycles. The van der Waals surface area contributed by atoms with E-state index in [0.717, 1.165) is 0 Å². The summed E-state index contributed by atoms with van der Waals surface area (Å²) in [6.07, 6.45) is 4.23. The van der Waals surface area contributed by atoms with Crippen LogP contribution in [0.3, 0.4) is 0 Å². The molecule has 8 nitrogen and oxygen atoms in total. The number of aromatic hydroxyl groups is 2. The molecular formula is C21H20O8. The Balaban J connectivity index is 1.91. The van der Waals surface area contributed by atoms with E-state index >= 15 is 0 Å². The Bertz CT molecular complexity index is 1020. The van der Waals surface area contributed by atoms with Gasteiger partial charge < -0.3 is 25.2 Å². The number of hydrogen-bond donors (Lipinski definition) is 4. The molecule has 29 heavy (non-hydrogen) atoms. The number of benzene rings is 1. The molecule has 0 amide bonds. The van der Waals surface area contributed by atoms with Gasteiger partial charge in [-0.05, 0) is 18.9 Å². The lowest BCUT2D eigenvalue weighted by Crippen LogP contribution is -2.46. The molecule has 4 N–H and O–H groups in total. The van der Waals surface area contributed by atoms with E-state index in [-0.39, 0.29) is 41.5 Å². The summed E-state index contributed by atoms with van der Waals surface area (Å²) in [5.41, 5.74) is -2.23. The van der Waals surface area contributed by atoms with Crippen molar-refractivity contribution in [1.29, 1.82) is 0 Å². The molecule has 0 saturated carbocycles. The number of allylic oxidation sites excluding steroid dienone is 4. The van der Waals surface area contributed by atoms with Crippen molar-refractivity contribution in [2.75, 3.05) is 13.7 Å². The van der Waals surface area contributed by atoms with E-state index in [1.54, 1.807) is 12.2 Å². The van der Waals surface area contributed by atoms with Crippen LogP contribution in [-0.4, -0.2) is 57.1 Å². The molecule has 1 aromatic carbocycles. The molecule has 3 atom stereocenters. The number of fused-ring (bicyclic) bond motifs is 3. The second-order valence-corrected chi connectivity index (χ2v) is 7.58. The number of methoxy groups -OCH3 is 1. The molecule has 8 heteroatoms. The minimum Gasteiger partial charge on any atom is -0.507 e. The monoisotopic (exact) mass is 400 g/mol. The third-order valence-electron chi connectivity index (χ3n) is 6.14. The quantitative estimate of drug-likeness (QED) is 0.540. The van der Waals surface area contributed by atoms with E-state index in [0.29, 0.717) is 5.76 Å². The molecule has 0 heterocycles. The van der Waals surface area contributed by atoms with E-state index in [2.05, 4.69) is 0 Å². The van der Waals surface area contributed by atoms with Gasteiger partial charge >= 0.3 is 0 Å². The van der Waals surface area contributed by atoms with Crippen molar-refractivity contribution in [2.45, 2.75) is 24.9 Å². The van der Waals surface area contributed by atoms with Crippen LogP contribution in [0.15, 0.2) is 24.0 Å². The molecule has 0 spiro atoms. The fourth-order valence-electron chi connectivity index (χ4n) is 4.57. The van der Waals surface area contributed by atoms with Crippen LogP contribution in [0, 0.1) is 11.8 Å². The van der Waals surface area contributed by atoms with Crippen LogP contribution in [0.4, 0.5) is 0 Å². The zero-order valence-electron chi connectivity index (χ0n) is 15.6. The number of aliphatic hydroxyl groups is 2. The smallest absolute Gasteiger partial charge is 0.189 e. The number of phenolic OH excluding ortho intramolecular Hbond substituents is 2. The average Bonchev–Trinajstić information content (AvgIpc) is 2.73. The first-order chi connectivity index (χ1) is 13.7. The lowest BCUT2D eigenvalue weighted by molar-refractivity contribution is -0.141. The predicted molar refractivity (Wildman–Crippen MR) is 98.7 cm³/mol. The minimum atomic E-state index is -1.92. The van der Waals surface area contributed by atoms with Crippen LogP contribution in [0.2, 0.25) is 0 Å². The van der Waals surface area contributed by atoms with Gasteiger partial charge in [0.05, 0.1) is 30.1 Å². The molecule has 0 bridgehead atoms. The standard InChI is InChI=1S/C21H20O8/c1-29-12-4-2-3-10-14(12)20(27)16-15(18(10)25)19(26)11-7-21(28,13(23)8-22)6-5-9(11)17(16)24/h2-4,10,14,22,24,26,28H,5-8H2,1H3/t10?,14?,21-/m1/s1. The van der Waals surface area contributed by atoms with Gasteiger partial charge in [0.15, 0.2) is 17.3 Å². The summed E-state index contributed by atoms with van der Waals surface area (Å²) in [6, 6.07) is 0. The molecule has 3 aliphatic carbocycles. The summed E-state index contributed by atoms with van der Waals surface area (Å²) in [5.74, 6) is -4.37. The molecule has 0 saturated heterocycles. The van der Waals surface area contributed by atoms with Gasteiger partial charge in [-0.3, -0.25) is 14.4 Å². The van der Waals surface area contributed by atoms with E-state index in [4.69, 9.17) is 9.84 Å². The number of Topliss-reactive ketones (excluding diaryl/α,β-unsaturated/α-hetero) is 3. The van der Waals surface area contributed by atoms with Gasteiger partial charge in [-0.25, -0.2) is 0 Å². The molecule has 1 aromatic rings. The van der Waals surface area contributed by atoms with Gasteiger partial charge in [-0.15, -0.1) is 0 Å². The SMILES string of the molecule is COC1=CC=CC2C(=O)c3c(O)c4c(c(O)c3C(=O)C12)CC[C@](O)(C(=O)CO)C4. The maximum absolute atomic E-state index is 13.2. The van der Waals surface area contributed by atoms with Crippen molar-refractivity contribution in [2.24, 2.45) is 11.8 Å². The molecule has 0 radical (unpaired) electrons. The van der Waals surface area contributed by atoms with Crippen LogP contribution < -0.4 is 0 Å². The highest BCUT2D eigenvalue weighted by Gasteiger charge is 2.49. The van der Waals surface area contributed by atoms with Crippen LogP contribution in [0.25, 0.3) is 0 Å². The van der Waals surface area contributed by atoms with E-state index in [9.17, 15) is 29.7 Å². The maximum atomic E-state index is 13.2. The number of hydrogen-bond acceptors (Lipinski definition) is 8. The summed E-state index contributed by atoms with van der Waals surface area (Å²) >= 11 is 0. The van der Waals surface area contributed by atoms with Crippen LogP contribution in [0.1, 0.15) is 38.3 Å². The number of aliphatic hydroxyl groups excluding tert-OH is 1. The van der Waals surface area contributed by atoms with Gasteiger partial charge in [0.1, 0.15) is 29.5 Å². The topological polar surface area (TPSA) is 141 Å². The number of carbonyl (C=O) groups excluding carboxylic acids is 3. The van der Waals surface area contributed by atoms with Crippen LogP contribution in [-0.2, 0) is 22.4 Å². The van der Waals surface area contributed by atoms with Crippen molar-refractivity contribution in [3.8, 4) is 11.5 Å². The lowest BCUT2D eigenvalue weighted by Gasteiger charge is -2.36. The van der Waals surface area contributed by atoms with Gasteiger partial charge in [0, 0.05) is 17.5 Å². The third kappa shape index (κ3) is 2.56. The summed E-state index contributed by atoms with van der Waals surface area (Å²) in [7, 11) is 1.39. The Labute approximate surface area is 165 Å². The van der Waals surface area contributed by atoms with Crippen molar-refractivity contribution < 1.29 is 39.5 Å². The fourth-order valence-corrected chi connectivity index (χ4v) is 4.57. The number of carbonyl (C=O) groups is 3. The predicted octanol–water partition coefficient (Wildman–Crippen LogP) is 0.590. The average molecular weight is 400 g/mol. The lowest BCUT2D eigenvalue weighted by atomic mass is 9.68. The Hall–Kier alpha value is -2.97. The molecule has 3 aliphatic rings. The van der Waals surface area contributed by atoms with Crippen molar-refractivity contribution >= 4 is 17.3 Å². The van der Waals surface area contributed by atoms with Gasteiger partial charge in [0.25, 0.3) is 0 Å². The highest BCUT2D eigenvalue weighted by Crippen LogP contribution is 2.49. The highest BCUT2D eigenvalue weighted by atomic mass is 16.5. The number of rotatable bonds is 3. The summed E-state index contributed by atoms with van der Waals surface area (Å²) in [4.78, 5) is 38.3. The number of ether oxygens (including phenoxy) is 1. The second-order valence-electron chi connectivity index (χ2n) is 7.58. The van der Waals surface area contributed by atoms with Gasteiger partial charge in [-0.1, -0.05) is 12.2 Å². The van der Waals surface area contributed by atoms with Crippen molar-refractivity contribution in [3.63, 3.8) is 0 Å².